The van der Waals surface area contributed by atoms with Gasteiger partial charge in [-0.3, -0.25) is 28.8 Å². The van der Waals surface area contributed by atoms with E-state index in [0.717, 1.165) is 47.9 Å². The maximum atomic E-state index is 14.7. The summed E-state index contributed by atoms with van der Waals surface area (Å²) in [5.74, 6) is -2.68. The summed E-state index contributed by atoms with van der Waals surface area (Å²) < 4.78 is 62.2. The maximum Gasteiger partial charge on any atom is 0.246 e. The summed E-state index contributed by atoms with van der Waals surface area (Å²) in [7, 11) is -5.22. The Bertz CT molecular complexity index is 3090. The number of fused-ring (bicyclic) bond motifs is 2. The van der Waals surface area contributed by atoms with E-state index in [-0.39, 0.29) is 47.8 Å². The van der Waals surface area contributed by atoms with Gasteiger partial charge in [0, 0.05) is 25.2 Å². The highest BCUT2D eigenvalue weighted by Gasteiger charge is 2.48. The van der Waals surface area contributed by atoms with Gasteiger partial charge in [-0.05, 0) is 148 Å². The minimum atomic E-state index is -4.24. The van der Waals surface area contributed by atoms with Gasteiger partial charge in [0.15, 0.2) is 0 Å². The predicted octanol–water partition coefficient (Wildman–Crippen LogP) is 4.51. The van der Waals surface area contributed by atoms with Crippen molar-refractivity contribution in [2.45, 2.75) is 177 Å². The summed E-state index contributed by atoms with van der Waals surface area (Å²) in [6, 6.07) is 20.1. The van der Waals surface area contributed by atoms with E-state index in [4.69, 9.17) is 0 Å². The zero-order valence-electron chi connectivity index (χ0n) is 49.9. The molecule has 8 rings (SSSR count). The third-order valence-electron chi connectivity index (χ3n) is 16.9. The van der Waals surface area contributed by atoms with Crippen molar-refractivity contribution < 1.29 is 45.6 Å². The van der Waals surface area contributed by atoms with Gasteiger partial charge in [0.25, 0.3) is 0 Å². The van der Waals surface area contributed by atoms with Gasteiger partial charge in [0.2, 0.25) is 55.5 Å². The third kappa shape index (κ3) is 14.6. The average molecular weight is 1190 g/mol. The third-order valence-corrected chi connectivity index (χ3v) is 20.0. The van der Waals surface area contributed by atoms with Crippen LogP contribution in [0.25, 0.3) is 11.1 Å². The Labute approximate surface area is 495 Å². The topological polar surface area (TPSA) is 273 Å². The second-order valence-corrected chi connectivity index (χ2v) is 28.5. The van der Waals surface area contributed by atoms with Crippen LogP contribution in [0.5, 0.6) is 0 Å². The van der Waals surface area contributed by atoms with Crippen molar-refractivity contribution in [3.63, 3.8) is 0 Å². The first-order chi connectivity index (χ1) is 39.6. The Morgan fingerprint density at radius 2 is 0.857 bits per heavy atom. The second kappa shape index (κ2) is 26.0. The maximum absolute atomic E-state index is 14.7. The first kappa shape index (κ1) is 63.5. The number of carbonyl (C=O) groups excluding carboxylic acids is 6. The van der Waals surface area contributed by atoms with Crippen molar-refractivity contribution in [3.05, 3.63) is 119 Å². The van der Waals surface area contributed by atoms with Crippen molar-refractivity contribution >= 4 is 55.5 Å². The van der Waals surface area contributed by atoms with E-state index in [2.05, 4.69) is 41.3 Å². The summed E-state index contributed by atoms with van der Waals surface area (Å²) in [5.41, 5.74) is 3.86. The summed E-state index contributed by atoms with van der Waals surface area (Å²) in [6.07, 6.45) is 4.81. The lowest BCUT2D eigenvalue weighted by molar-refractivity contribution is -0.144. The minimum absolute atomic E-state index is 0.0259. The van der Waals surface area contributed by atoms with Crippen LogP contribution in [0.15, 0.2) is 107 Å². The molecule has 8 N–H and O–H groups in total. The molecule has 0 saturated carbocycles. The SMILES string of the molecule is CN[C@@H](C)C(=O)N[C@H](C(=O)N1C[C@@H](NS(=O)(=O)c2ccc(-c3ccc(S(=O)(=O)N[C@H]4C[C@@H](C(=O)N[C@@H]5CCCc6ccccc65)N(C(=O)[C@@H](NC(=O)[C@H](C)NC)C(C)(C)C)C4)cc3)cc2)C[C@H]1C(=O)NC1CCCc2ccccc21)C(C)(C)C. The van der Waals surface area contributed by atoms with Crippen LogP contribution in [0.4, 0.5) is 0 Å². The Kier molecular flexibility index (Phi) is 19.6. The highest BCUT2D eigenvalue weighted by molar-refractivity contribution is 7.89. The lowest BCUT2D eigenvalue weighted by Gasteiger charge is -2.36. The standard InChI is InChI=1S/C62H84N10O10S2/c1-37(63-9)55(73)67-53(61(3,4)5)59(77)71-35-43(33-51(71)57(75)65-49-23-15-19-41-17-11-13-21-47(41)49)69-83(79,80)45-29-25-39(26-30-45)40-27-31-46(32-28-40)84(81,82)70-44-34-52(58(76)66-50-24-16-20-42-18-12-14-22-48(42)50)72(36-44)60(78)54(62(6,7)8)68-56(74)38(2)64-10/h11-14,17-18,21-22,25-32,37-38,43-44,49-54,63-64,69-70H,15-16,19-20,23-24,33-36H2,1-10H3,(H,65,75)(H,66,76)(H,67,73)(H,68,74)/t37-,38-,43-,44-,49+,50?,51-,52-,53+,54+/m0/s1. The number of aryl methyl sites for hydroxylation is 2. The number of nitrogens with one attached hydrogen (secondary N) is 8. The molecule has 20 nitrogen and oxygen atoms in total. The number of likely N-dealkylation sites (tertiary alicyclic amines) is 2. The van der Waals surface area contributed by atoms with Crippen molar-refractivity contribution in [1.29, 1.82) is 0 Å². The monoisotopic (exact) mass is 1190 g/mol. The van der Waals surface area contributed by atoms with E-state index in [0.29, 0.717) is 24.0 Å². The molecule has 2 aliphatic heterocycles. The average Bonchev–Trinajstić information content (AvgIpc) is 4.08. The Morgan fingerprint density at radius 3 is 1.19 bits per heavy atom. The van der Waals surface area contributed by atoms with E-state index >= 15 is 0 Å². The van der Waals surface area contributed by atoms with Crippen molar-refractivity contribution in [2.24, 2.45) is 10.8 Å². The van der Waals surface area contributed by atoms with E-state index in [9.17, 15) is 45.6 Å². The van der Waals surface area contributed by atoms with Crippen LogP contribution in [0.3, 0.4) is 0 Å². The van der Waals surface area contributed by atoms with Crippen molar-refractivity contribution in [3.8, 4) is 11.1 Å². The Morgan fingerprint density at radius 1 is 0.512 bits per heavy atom. The van der Waals surface area contributed by atoms with Gasteiger partial charge in [-0.25, -0.2) is 26.3 Å². The molecule has 6 amide bonds. The number of nitrogens with zero attached hydrogens (tertiary/aromatic N) is 2. The summed E-state index contributed by atoms with van der Waals surface area (Å²) in [4.78, 5) is 87.1. The summed E-state index contributed by atoms with van der Waals surface area (Å²) in [5, 5.41) is 17.9. The van der Waals surface area contributed by atoms with Crippen LogP contribution < -0.4 is 41.3 Å². The summed E-state index contributed by atoms with van der Waals surface area (Å²) in [6.45, 7) is 13.9. The van der Waals surface area contributed by atoms with Gasteiger partial charge in [0.05, 0.1) is 34.0 Å². The van der Waals surface area contributed by atoms with Crippen molar-refractivity contribution in [1.82, 2.24) is 51.1 Å². The number of amides is 6. The number of benzene rings is 4. The molecule has 22 heteroatoms. The highest BCUT2D eigenvalue weighted by atomic mass is 32.2. The predicted molar refractivity (Wildman–Crippen MR) is 321 cm³/mol. The lowest BCUT2D eigenvalue weighted by atomic mass is 9.85. The molecule has 0 radical (unpaired) electrons. The second-order valence-electron chi connectivity index (χ2n) is 25.1. The van der Waals surface area contributed by atoms with Crippen molar-refractivity contribution in [2.75, 3.05) is 27.2 Å². The fourth-order valence-corrected chi connectivity index (χ4v) is 14.3. The van der Waals surface area contributed by atoms with Gasteiger partial charge in [-0.15, -0.1) is 0 Å². The molecule has 2 aliphatic carbocycles. The molecule has 1 unspecified atom stereocenters. The molecule has 454 valence electrons. The van der Waals surface area contributed by atoms with Gasteiger partial charge in [0.1, 0.15) is 24.2 Å². The minimum Gasteiger partial charge on any atom is -0.347 e. The van der Waals surface area contributed by atoms with Gasteiger partial charge < -0.3 is 41.7 Å². The molecule has 0 aromatic heterocycles. The fourth-order valence-electron chi connectivity index (χ4n) is 11.8. The van der Waals surface area contributed by atoms with Crippen LogP contribution in [0, 0.1) is 10.8 Å². The van der Waals surface area contributed by atoms with E-state index in [1.807, 2.05) is 90.1 Å². The molecule has 4 aliphatic rings. The molecule has 4 aromatic carbocycles. The Hall–Kier alpha value is -6.56. The number of hydrogen-bond donors (Lipinski definition) is 8. The number of rotatable bonds is 19. The van der Waals surface area contributed by atoms with E-state index < -0.39 is 115 Å². The number of carbonyl (C=O) groups is 6. The van der Waals surface area contributed by atoms with Crippen LogP contribution in [-0.4, -0.2) is 138 Å². The lowest BCUT2D eigenvalue weighted by Crippen LogP contribution is -2.59. The number of likely N-dealkylation sites (N-methyl/N-ethyl adjacent to an activating group) is 2. The zero-order chi connectivity index (χ0) is 61.1. The molecule has 2 saturated heterocycles. The first-order valence-electron chi connectivity index (χ1n) is 29.2. The molecule has 2 heterocycles. The first-order valence-corrected chi connectivity index (χ1v) is 32.1. The normalized spacial score (nSPS) is 22.4. The summed E-state index contributed by atoms with van der Waals surface area (Å²) >= 11 is 0. The Balaban J connectivity index is 0.967. The van der Waals surface area contributed by atoms with Crippen LogP contribution in [-0.2, 0) is 61.7 Å². The number of sulfonamides is 2. The molecular formula is C62H84N10O10S2. The molecule has 84 heavy (non-hydrogen) atoms. The van der Waals surface area contributed by atoms with Gasteiger partial charge in [-0.2, -0.15) is 0 Å². The van der Waals surface area contributed by atoms with Crippen LogP contribution in [0.2, 0.25) is 0 Å². The van der Waals surface area contributed by atoms with Gasteiger partial charge >= 0.3 is 0 Å². The molecular weight excluding hydrogens is 1110 g/mol. The fraction of sp³-hybridized carbons (Fsp3) is 0.516. The number of hydrogen-bond acceptors (Lipinski definition) is 12. The molecule has 2 fully saturated rings. The quantitative estimate of drug-likeness (QED) is 0.0645. The van der Waals surface area contributed by atoms with E-state index in [1.54, 1.807) is 52.2 Å². The van der Waals surface area contributed by atoms with E-state index in [1.165, 1.54) is 34.1 Å². The van der Waals surface area contributed by atoms with Crippen LogP contribution >= 0.6 is 0 Å². The zero-order valence-corrected chi connectivity index (χ0v) is 51.5. The molecule has 10 atom stereocenters. The largest absolute Gasteiger partial charge is 0.347 e. The molecule has 0 spiro atoms. The molecule has 0 bridgehead atoms. The highest BCUT2D eigenvalue weighted by Crippen LogP contribution is 2.35. The van der Waals surface area contributed by atoms with Crippen LogP contribution in [0.1, 0.15) is 128 Å². The molecule has 4 aromatic rings. The smallest absolute Gasteiger partial charge is 0.246 e. The van der Waals surface area contributed by atoms with Gasteiger partial charge in [-0.1, -0.05) is 114 Å².